The van der Waals surface area contributed by atoms with Gasteiger partial charge in [0.15, 0.2) is 0 Å². The summed E-state index contributed by atoms with van der Waals surface area (Å²) in [5, 5.41) is 9.26. The maximum Gasteiger partial charge on any atom is 0.320 e. The number of carboxylic acid groups (broad SMARTS) is 1. The van der Waals surface area contributed by atoms with Gasteiger partial charge in [-0.3, -0.25) is 4.79 Å². The van der Waals surface area contributed by atoms with Crippen LogP contribution < -0.4 is 0 Å². The van der Waals surface area contributed by atoms with E-state index in [1.165, 1.54) is 0 Å². The number of urea groups is 1. The van der Waals surface area contributed by atoms with E-state index in [4.69, 9.17) is 4.74 Å². The normalized spacial score (nSPS) is 21.6. The Morgan fingerprint density at radius 3 is 2.33 bits per heavy atom. The van der Waals surface area contributed by atoms with Gasteiger partial charge in [-0.15, -0.1) is 0 Å². The molecule has 0 aromatic carbocycles. The standard InChI is InChI=1S/C14H27N3O4/c1-5-6-17(12-10-21-9-11(12)13(18)19)14(20)16(4)8-7-15(2)3/h11-12H,5-10H2,1-4H3,(H,18,19). The average molecular weight is 301 g/mol. The number of carbonyl (C=O) groups is 2. The fourth-order valence-corrected chi connectivity index (χ4v) is 2.40. The van der Waals surface area contributed by atoms with E-state index in [9.17, 15) is 14.7 Å². The number of carboxylic acids is 1. The van der Waals surface area contributed by atoms with E-state index in [1.807, 2.05) is 25.9 Å². The van der Waals surface area contributed by atoms with E-state index in [0.29, 0.717) is 19.7 Å². The molecule has 0 radical (unpaired) electrons. The molecule has 0 saturated carbocycles. The number of ether oxygens (including phenoxy) is 1. The summed E-state index contributed by atoms with van der Waals surface area (Å²) in [5.41, 5.74) is 0. The van der Waals surface area contributed by atoms with Crippen LogP contribution in [0.1, 0.15) is 13.3 Å². The van der Waals surface area contributed by atoms with Gasteiger partial charge >= 0.3 is 12.0 Å². The molecule has 2 amide bonds. The first kappa shape index (κ1) is 17.7. The van der Waals surface area contributed by atoms with Crippen LogP contribution in [0.15, 0.2) is 0 Å². The molecule has 7 heteroatoms. The van der Waals surface area contributed by atoms with Gasteiger partial charge in [-0.05, 0) is 20.5 Å². The van der Waals surface area contributed by atoms with Crippen molar-refractivity contribution in [2.75, 3.05) is 54.0 Å². The Morgan fingerprint density at radius 1 is 1.14 bits per heavy atom. The average Bonchev–Trinajstić information content (AvgIpc) is 2.90. The van der Waals surface area contributed by atoms with Crippen LogP contribution in [0.3, 0.4) is 0 Å². The van der Waals surface area contributed by atoms with E-state index >= 15 is 0 Å². The second-order valence-corrected chi connectivity index (χ2v) is 5.75. The molecule has 21 heavy (non-hydrogen) atoms. The van der Waals surface area contributed by atoms with Crippen LogP contribution >= 0.6 is 0 Å². The Morgan fingerprint density at radius 2 is 1.81 bits per heavy atom. The van der Waals surface area contributed by atoms with Gasteiger partial charge in [-0.2, -0.15) is 0 Å². The minimum Gasteiger partial charge on any atom is -0.481 e. The third kappa shape index (κ3) is 4.86. The molecule has 0 aromatic rings. The Kier molecular flexibility index (Phi) is 6.91. The minimum absolute atomic E-state index is 0.125. The number of carbonyl (C=O) groups excluding carboxylic acids is 1. The highest BCUT2D eigenvalue weighted by molar-refractivity contribution is 5.77. The lowest BCUT2D eigenvalue weighted by molar-refractivity contribution is -0.142. The first-order valence-corrected chi connectivity index (χ1v) is 7.35. The summed E-state index contributed by atoms with van der Waals surface area (Å²) in [7, 11) is 5.65. The van der Waals surface area contributed by atoms with Crippen LogP contribution in [0.4, 0.5) is 4.79 Å². The molecule has 1 aliphatic heterocycles. The lowest BCUT2D eigenvalue weighted by Crippen LogP contribution is -2.52. The van der Waals surface area contributed by atoms with E-state index in [2.05, 4.69) is 0 Å². The van der Waals surface area contributed by atoms with Crippen LogP contribution in [-0.4, -0.2) is 91.8 Å². The number of hydrogen-bond acceptors (Lipinski definition) is 4. The Balaban J connectivity index is 2.75. The third-order valence-electron chi connectivity index (χ3n) is 3.69. The molecule has 1 aliphatic rings. The molecule has 0 spiro atoms. The number of hydrogen-bond donors (Lipinski definition) is 1. The van der Waals surface area contributed by atoms with Gasteiger partial charge < -0.3 is 24.5 Å². The minimum atomic E-state index is -0.901. The molecule has 1 N–H and O–H groups in total. The van der Waals surface area contributed by atoms with Crippen molar-refractivity contribution in [3.63, 3.8) is 0 Å². The predicted molar refractivity (Wildman–Crippen MR) is 79.3 cm³/mol. The highest BCUT2D eigenvalue weighted by Gasteiger charge is 2.40. The van der Waals surface area contributed by atoms with Crippen molar-refractivity contribution in [1.82, 2.24) is 14.7 Å². The predicted octanol–water partition coefficient (Wildman–Crippen LogP) is 0.411. The SMILES string of the molecule is CCCN(C(=O)N(C)CCN(C)C)C1COCC1C(=O)O. The summed E-state index contributed by atoms with van der Waals surface area (Å²) in [6.45, 7) is 4.37. The molecule has 1 saturated heterocycles. The van der Waals surface area contributed by atoms with Gasteiger partial charge in [0.25, 0.3) is 0 Å². The Labute approximate surface area is 126 Å². The molecule has 1 heterocycles. The summed E-state index contributed by atoms with van der Waals surface area (Å²) >= 11 is 0. The topological polar surface area (TPSA) is 73.3 Å². The quantitative estimate of drug-likeness (QED) is 0.737. The zero-order valence-electron chi connectivity index (χ0n) is 13.4. The van der Waals surface area contributed by atoms with Crippen LogP contribution in [0.25, 0.3) is 0 Å². The van der Waals surface area contributed by atoms with Gasteiger partial charge in [-0.1, -0.05) is 6.92 Å². The number of amides is 2. The lowest BCUT2D eigenvalue weighted by Gasteiger charge is -2.34. The molecule has 122 valence electrons. The summed E-state index contributed by atoms with van der Waals surface area (Å²) in [6, 6.07) is -0.503. The van der Waals surface area contributed by atoms with Gasteiger partial charge in [0.05, 0.1) is 19.3 Å². The zero-order valence-corrected chi connectivity index (χ0v) is 13.4. The summed E-state index contributed by atoms with van der Waals surface area (Å²) in [6.07, 6.45) is 0.788. The van der Waals surface area contributed by atoms with Crippen LogP contribution in [0, 0.1) is 5.92 Å². The van der Waals surface area contributed by atoms with Crippen molar-refractivity contribution in [2.24, 2.45) is 5.92 Å². The zero-order chi connectivity index (χ0) is 16.0. The van der Waals surface area contributed by atoms with Crippen LogP contribution in [0.2, 0.25) is 0 Å². The molecule has 2 atom stereocenters. The van der Waals surface area contributed by atoms with E-state index in [1.54, 1.807) is 16.8 Å². The first-order chi connectivity index (χ1) is 9.88. The highest BCUT2D eigenvalue weighted by Crippen LogP contribution is 2.21. The molecule has 2 unspecified atom stereocenters. The van der Waals surface area contributed by atoms with Gasteiger partial charge in [-0.25, -0.2) is 4.79 Å². The van der Waals surface area contributed by atoms with Gasteiger partial charge in [0, 0.05) is 26.7 Å². The van der Waals surface area contributed by atoms with Crippen molar-refractivity contribution in [2.45, 2.75) is 19.4 Å². The third-order valence-corrected chi connectivity index (χ3v) is 3.69. The second kappa shape index (κ2) is 8.19. The van der Waals surface area contributed by atoms with E-state index < -0.39 is 11.9 Å². The number of aliphatic carboxylic acids is 1. The highest BCUT2D eigenvalue weighted by atomic mass is 16.5. The molecule has 7 nitrogen and oxygen atoms in total. The number of nitrogens with zero attached hydrogens (tertiary/aromatic N) is 3. The fraction of sp³-hybridized carbons (Fsp3) is 0.857. The maximum atomic E-state index is 12.6. The molecule has 1 rings (SSSR count). The molecular weight excluding hydrogens is 274 g/mol. The van der Waals surface area contributed by atoms with Crippen LogP contribution in [0.5, 0.6) is 0 Å². The summed E-state index contributed by atoms with van der Waals surface area (Å²) in [5.74, 6) is -1.54. The lowest BCUT2D eigenvalue weighted by atomic mass is 10.0. The Bertz CT molecular complexity index is 362. The molecule has 0 aliphatic carbocycles. The summed E-state index contributed by atoms with van der Waals surface area (Å²) < 4.78 is 5.28. The Hall–Kier alpha value is -1.34. The van der Waals surface area contributed by atoms with Crippen molar-refractivity contribution in [3.05, 3.63) is 0 Å². The van der Waals surface area contributed by atoms with Crippen molar-refractivity contribution < 1.29 is 19.4 Å². The number of likely N-dealkylation sites (N-methyl/N-ethyl adjacent to an activating group) is 2. The van der Waals surface area contributed by atoms with Crippen molar-refractivity contribution in [1.29, 1.82) is 0 Å². The molecule has 0 aromatic heterocycles. The fourth-order valence-electron chi connectivity index (χ4n) is 2.40. The van der Waals surface area contributed by atoms with Gasteiger partial charge in [0.2, 0.25) is 0 Å². The monoisotopic (exact) mass is 301 g/mol. The van der Waals surface area contributed by atoms with Crippen molar-refractivity contribution >= 4 is 12.0 Å². The number of rotatable bonds is 7. The smallest absolute Gasteiger partial charge is 0.320 e. The molecule has 1 fully saturated rings. The molecular formula is C14H27N3O4. The largest absolute Gasteiger partial charge is 0.481 e. The van der Waals surface area contributed by atoms with Crippen molar-refractivity contribution in [3.8, 4) is 0 Å². The van der Waals surface area contributed by atoms with Gasteiger partial charge in [0.1, 0.15) is 5.92 Å². The maximum absolute atomic E-state index is 12.6. The van der Waals surface area contributed by atoms with E-state index in [-0.39, 0.29) is 18.7 Å². The second-order valence-electron chi connectivity index (χ2n) is 5.75. The first-order valence-electron chi connectivity index (χ1n) is 7.35. The molecule has 0 bridgehead atoms. The van der Waals surface area contributed by atoms with Crippen LogP contribution in [-0.2, 0) is 9.53 Å². The summed E-state index contributed by atoms with van der Waals surface area (Å²) in [4.78, 5) is 29.2. The van der Waals surface area contributed by atoms with E-state index in [0.717, 1.165) is 13.0 Å².